The standard InChI is InChI=1S/C22H27N3O2.ClH/c23-20(17-8-4-3-5-9-17)16-21(26)24-19-12-10-18(11-13-19)22(27)25-14-6-1-2-7-15-25;/h3-5,8-13,20H,1-2,6-7,14-16,23H2,(H,24,26);1H. The first kappa shape index (κ1) is 21.9. The molecule has 2 aromatic rings. The molecule has 0 radical (unpaired) electrons. The molecule has 28 heavy (non-hydrogen) atoms. The van der Waals surface area contributed by atoms with Crippen LogP contribution in [0.1, 0.15) is 54.1 Å². The van der Waals surface area contributed by atoms with Gasteiger partial charge in [0.1, 0.15) is 0 Å². The zero-order chi connectivity index (χ0) is 19.1. The summed E-state index contributed by atoms with van der Waals surface area (Å²) in [6.07, 6.45) is 4.74. The summed E-state index contributed by atoms with van der Waals surface area (Å²) >= 11 is 0. The lowest BCUT2D eigenvalue weighted by molar-refractivity contribution is -0.116. The van der Waals surface area contributed by atoms with E-state index in [-0.39, 0.29) is 36.7 Å². The molecule has 0 saturated carbocycles. The summed E-state index contributed by atoms with van der Waals surface area (Å²) in [6, 6.07) is 16.3. The van der Waals surface area contributed by atoms with Crippen LogP contribution in [0.5, 0.6) is 0 Å². The predicted molar refractivity (Wildman–Crippen MR) is 115 cm³/mol. The summed E-state index contributed by atoms with van der Waals surface area (Å²) in [6.45, 7) is 1.66. The highest BCUT2D eigenvalue weighted by atomic mass is 35.5. The number of carbonyl (C=O) groups excluding carboxylic acids is 2. The fourth-order valence-electron chi connectivity index (χ4n) is 3.38. The zero-order valence-corrected chi connectivity index (χ0v) is 16.8. The first-order chi connectivity index (χ1) is 13.1. The molecule has 6 heteroatoms. The van der Waals surface area contributed by atoms with E-state index in [1.54, 1.807) is 24.3 Å². The highest BCUT2D eigenvalue weighted by molar-refractivity contribution is 5.96. The Bertz CT molecular complexity index is 757. The van der Waals surface area contributed by atoms with E-state index in [0.717, 1.165) is 31.5 Å². The van der Waals surface area contributed by atoms with Crippen molar-refractivity contribution in [1.82, 2.24) is 4.90 Å². The molecule has 1 unspecified atom stereocenters. The Kier molecular flexibility index (Phi) is 8.48. The van der Waals surface area contributed by atoms with Crippen molar-refractivity contribution < 1.29 is 9.59 Å². The van der Waals surface area contributed by atoms with Gasteiger partial charge in [-0.2, -0.15) is 0 Å². The maximum atomic E-state index is 12.6. The zero-order valence-electron chi connectivity index (χ0n) is 16.0. The number of nitrogens with two attached hydrogens (primary N) is 1. The van der Waals surface area contributed by atoms with Gasteiger partial charge in [0.15, 0.2) is 0 Å². The summed E-state index contributed by atoms with van der Waals surface area (Å²) in [5, 5.41) is 2.85. The van der Waals surface area contributed by atoms with Gasteiger partial charge in [0.05, 0.1) is 0 Å². The largest absolute Gasteiger partial charge is 0.339 e. The van der Waals surface area contributed by atoms with Gasteiger partial charge in [-0.15, -0.1) is 12.4 Å². The van der Waals surface area contributed by atoms with Gasteiger partial charge in [0, 0.05) is 36.8 Å². The molecule has 1 atom stereocenters. The first-order valence-corrected chi connectivity index (χ1v) is 9.63. The Labute approximate surface area is 172 Å². The molecule has 5 nitrogen and oxygen atoms in total. The molecular weight excluding hydrogens is 374 g/mol. The van der Waals surface area contributed by atoms with Crippen LogP contribution in [-0.4, -0.2) is 29.8 Å². The van der Waals surface area contributed by atoms with Crippen LogP contribution in [0, 0.1) is 0 Å². The number of carbonyl (C=O) groups is 2. The number of rotatable bonds is 5. The molecule has 1 aliphatic rings. The second-order valence-electron chi connectivity index (χ2n) is 7.05. The number of hydrogen-bond donors (Lipinski definition) is 2. The number of anilines is 1. The number of nitrogens with zero attached hydrogens (tertiary/aromatic N) is 1. The fourth-order valence-corrected chi connectivity index (χ4v) is 3.38. The average Bonchev–Trinajstić information content (AvgIpc) is 2.98. The van der Waals surface area contributed by atoms with Crippen LogP contribution in [0.4, 0.5) is 5.69 Å². The number of halogens is 1. The summed E-state index contributed by atoms with van der Waals surface area (Å²) in [7, 11) is 0. The van der Waals surface area contributed by atoms with Crippen molar-refractivity contribution in [2.24, 2.45) is 5.73 Å². The topological polar surface area (TPSA) is 75.4 Å². The van der Waals surface area contributed by atoms with Crippen LogP contribution in [0.2, 0.25) is 0 Å². The highest BCUT2D eigenvalue weighted by Gasteiger charge is 2.17. The van der Waals surface area contributed by atoms with E-state index in [4.69, 9.17) is 5.73 Å². The fraction of sp³-hybridized carbons (Fsp3) is 0.364. The van der Waals surface area contributed by atoms with E-state index in [9.17, 15) is 9.59 Å². The Morgan fingerprint density at radius 3 is 2.14 bits per heavy atom. The van der Waals surface area contributed by atoms with E-state index in [2.05, 4.69) is 5.32 Å². The molecule has 0 spiro atoms. The third-order valence-corrected chi connectivity index (χ3v) is 4.94. The molecule has 1 fully saturated rings. The number of amides is 2. The summed E-state index contributed by atoms with van der Waals surface area (Å²) in [5.74, 6) is -0.0705. The van der Waals surface area contributed by atoms with Crippen LogP contribution in [0.3, 0.4) is 0 Å². The normalized spacial score (nSPS) is 15.1. The van der Waals surface area contributed by atoms with Gasteiger partial charge in [0.25, 0.3) is 5.91 Å². The quantitative estimate of drug-likeness (QED) is 0.790. The monoisotopic (exact) mass is 401 g/mol. The average molecular weight is 402 g/mol. The number of nitrogens with one attached hydrogen (secondary N) is 1. The Morgan fingerprint density at radius 2 is 1.54 bits per heavy atom. The van der Waals surface area contributed by atoms with Gasteiger partial charge in [-0.05, 0) is 42.7 Å². The lowest BCUT2D eigenvalue weighted by Crippen LogP contribution is -2.31. The van der Waals surface area contributed by atoms with Crippen LogP contribution < -0.4 is 11.1 Å². The van der Waals surface area contributed by atoms with Crippen LogP contribution in [0.15, 0.2) is 54.6 Å². The third-order valence-electron chi connectivity index (χ3n) is 4.94. The maximum absolute atomic E-state index is 12.6. The molecule has 3 N–H and O–H groups in total. The van der Waals surface area contributed by atoms with Gasteiger partial charge in [-0.1, -0.05) is 43.2 Å². The lowest BCUT2D eigenvalue weighted by atomic mass is 10.0. The van der Waals surface area contributed by atoms with Crippen molar-refractivity contribution in [2.45, 2.75) is 38.1 Å². The minimum atomic E-state index is -0.338. The molecule has 2 amide bonds. The maximum Gasteiger partial charge on any atom is 0.253 e. The predicted octanol–water partition coefficient (Wildman–Crippen LogP) is 4.15. The van der Waals surface area contributed by atoms with Gasteiger partial charge in [-0.3, -0.25) is 9.59 Å². The van der Waals surface area contributed by atoms with Crippen LogP contribution in [0.25, 0.3) is 0 Å². The SMILES string of the molecule is Cl.NC(CC(=O)Nc1ccc(C(=O)N2CCCCCC2)cc1)c1ccccc1. The van der Waals surface area contributed by atoms with Crippen molar-refractivity contribution in [2.75, 3.05) is 18.4 Å². The molecule has 2 aromatic carbocycles. The Balaban J connectivity index is 0.00000280. The van der Waals surface area contributed by atoms with Crippen molar-refractivity contribution >= 4 is 29.9 Å². The molecule has 1 saturated heterocycles. The van der Waals surface area contributed by atoms with Crippen molar-refractivity contribution in [3.8, 4) is 0 Å². The van der Waals surface area contributed by atoms with Gasteiger partial charge < -0.3 is 16.0 Å². The van der Waals surface area contributed by atoms with E-state index >= 15 is 0 Å². The van der Waals surface area contributed by atoms with Crippen molar-refractivity contribution in [3.05, 3.63) is 65.7 Å². The van der Waals surface area contributed by atoms with Gasteiger partial charge in [-0.25, -0.2) is 0 Å². The smallest absolute Gasteiger partial charge is 0.253 e. The number of hydrogen-bond acceptors (Lipinski definition) is 3. The Morgan fingerprint density at radius 1 is 0.929 bits per heavy atom. The minimum absolute atomic E-state index is 0. The molecule has 0 aromatic heterocycles. The first-order valence-electron chi connectivity index (χ1n) is 9.63. The van der Waals surface area contributed by atoms with Crippen LogP contribution in [-0.2, 0) is 4.79 Å². The molecule has 150 valence electrons. The number of benzene rings is 2. The summed E-state index contributed by atoms with van der Waals surface area (Å²) in [4.78, 5) is 26.8. The Hall–Kier alpha value is -2.37. The van der Waals surface area contributed by atoms with Crippen LogP contribution >= 0.6 is 12.4 Å². The van der Waals surface area contributed by atoms with Gasteiger partial charge >= 0.3 is 0 Å². The molecule has 3 rings (SSSR count). The van der Waals surface area contributed by atoms with E-state index in [1.807, 2.05) is 35.2 Å². The summed E-state index contributed by atoms with van der Waals surface area (Å²) < 4.78 is 0. The van der Waals surface area contributed by atoms with Crippen molar-refractivity contribution in [1.29, 1.82) is 0 Å². The second-order valence-corrected chi connectivity index (χ2v) is 7.05. The number of likely N-dealkylation sites (tertiary alicyclic amines) is 1. The molecule has 0 bridgehead atoms. The third kappa shape index (κ3) is 6.08. The molecule has 1 heterocycles. The lowest BCUT2D eigenvalue weighted by Gasteiger charge is -2.20. The second kappa shape index (κ2) is 10.8. The summed E-state index contributed by atoms with van der Waals surface area (Å²) in [5.41, 5.74) is 8.37. The van der Waals surface area contributed by atoms with Gasteiger partial charge in [0.2, 0.25) is 5.91 Å². The highest BCUT2D eigenvalue weighted by Crippen LogP contribution is 2.17. The van der Waals surface area contributed by atoms with E-state index in [1.165, 1.54) is 12.8 Å². The molecular formula is C22H28ClN3O2. The van der Waals surface area contributed by atoms with E-state index < -0.39 is 0 Å². The van der Waals surface area contributed by atoms with Crippen molar-refractivity contribution in [3.63, 3.8) is 0 Å². The minimum Gasteiger partial charge on any atom is -0.339 e. The van der Waals surface area contributed by atoms with E-state index in [0.29, 0.717) is 11.3 Å². The molecule has 0 aliphatic carbocycles. The molecule has 1 aliphatic heterocycles.